The molecule has 0 aromatic carbocycles. The summed E-state index contributed by atoms with van der Waals surface area (Å²) in [6, 6.07) is 4.09. The van der Waals surface area contributed by atoms with Gasteiger partial charge >= 0.3 is 6.18 Å². The predicted octanol–water partition coefficient (Wildman–Crippen LogP) is 4.04. The molecular weight excluding hydrogens is 363 g/mol. The van der Waals surface area contributed by atoms with E-state index in [4.69, 9.17) is 12.2 Å². The van der Waals surface area contributed by atoms with Crippen LogP contribution in [0.2, 0.25) is 0 Å². The molecule has 1 saturated carbocycles. The van der Waals surface area contributed by atoms with E-state index in [1.165, 1.54) is 0 Å². The zero-order chi connectivity index (χ0) is 18.3. The lowest BCUT2D eigenvalue weighted by molar-refractivity contribution is -0.188. The van der Waals surface area contributed by atoms with Crippen LogP contribution in [0, 0.1) is 10.7 Å². The molecule has 26 heavy (non-hydrogen) atoms. The third-order valence-electron chi connectivity index (χ3n) is 5.00. The summed E-state index contributed by atoms with van der Waals surface area (Å²) in [6.07, 6.45) is 2.12. The zero-order valence-electron chi connectivity index (χ0n) is 14.2. The van der Waals surface area contributed by atoms with E-state index in [1.807, 2.05) is 16.7 Å². The van der Waals surface area contributed by atoms with E-state index in [0.29, 0.717) is 30.4 Å². The van der Waals surface area contributed by atoms with E-state index < -0.39 is 12.1 Å². The van der Waals surface area contributed by atoms with Crippen molar-refractivity contribution in [2.45, 2.75) is 44.6 Å². The number of hydrogen-bond donors (Lipinski definition) is 0. The van der Waals surface area contributed by atoms with Gasteiger partial charge in [-0.1, -0.05) is 0 Å². The van der Waals surface area contributed by atoms with Crippen molar-refractivity contribution in [1.29, 1.82) is 0 Å². The number of aromatic nitrogens is 4. The van der Waals surface area contributed by atoms with E-state index in [2.05, 4.69) is 10.1 Å². The van der Waals surface area contributed by atoms with Crippen LogP contribution in [0.15, 0.2) is 24.5 Å². The van der Waals surface area contributed by atoms with Gasteiger partial charge in [-0.25, -0.2) is 4.68 Å². The number of halogens is 3. The molecule has 9 heteroatoms. The first kappa shape index (κ1) is 17.7. The van der Waals surface area contributed by atoms with E-state index >= 15 is 0 Å². The Morgan fingerprint density at radius 1 is 1.23 bits per heavy atom. The summed E-state index contributed by atoms with van der Waals surface area (Å²) >= 11 is 5.59. The molecule has 0 bridgehead atoms. The molecule has 0 spiro atoms. The Hall–Kier alpha value is -1.74. The van der Waals surface area contributed by atoms with Crippen LogP contribution in [-0.4, -0.2) is 43.5 Å². The zero-order valence-corrected chi connectivity index (χ0v) is 15.0. The second kappa shape index (κ2) is 6.77. The van der Waals surface area contributed by atoms with Gasteiger partial charge in [0.15, 0.2) is 10.6 Å². The molecule has 0 amide bonds. The first-order valence-corrected chi connectivity index (χ1v) is 9.23. The lowest BCUT2D eigenvalue weighted by Gasteiger charge is -2.33. The number of nitrogens with zero attached hydrogens (tertiary/aromatic N) is 5. The van der Waals surface area contributed by atoms with Crippen LogP contribution in [0.25, 0.3) is 11.4 Å². The van der Waals surface area contributed by atoms with Crippen LogP contribution in [0.1, 0.15) is 31.7 Å². The highest BCUT2D eigenvalue weighted by molar-refractivity contribution is 7.71. The van der Waals surface area contributed by atoms with Gasteiger partial charge in [-0.3, -0.25) is 14.5 Å². The van der Waals surface area contributed by atoms with Crippen molar-refractivity contribution in [2.75, 3.05) is 13.1 Å². The van der Waals surface area contributed by atoms with Crippen LogP contribution < -0.4 is 0 Å². The summed E-state index contributed by atoms with van der Waals surface area (Å²) in [5, 5.41) is 4.64. The number of alkyl halides is 3. The Bertz CT molecular complexity index is 825. The topological polar surface area (TPSA) is 38.9 Å². The fourth-order valence-corrected chi connectivity index (χ4v) is 3.84. The van der Waals surface area contributed by atoms with E-state index in [9.17, 15) is 13.2 Å². The minimum absolute atomic E-state index is 0.00376. The highest BCUT2D eigenvalue weighted by Crippen LogP contribution is 2.38. The predicted molar refractivity (Wildman–Crippen MR) is 92.9 cm³/mol. The molecule has 1 saturated heterocycles. The summed E-state index contributed by atoms with van der Waals surface area (Å²) in [5.41, 5.74) is 0.871. The Balaban J connectivity index is 1.60. The number of piperidine rings is 1. The smallest absolute Gasteiger partial charge is 0.297 e. The van der Waals surface area contributed by atoms with Crippen LogP contribution in [-0.2, 0) is 6.67 Å². The van der Waals surface area contributed by atoms with Gasteiger partial charge < -0.3 is 0 Å². The standard InChI is InChI=1S/C17H20F3N5S/c18-17(19,20)13-4-2-8-23(10-13)11-24-16(26)25(14-5-6-14)15(22-24)12-3-1-7-21-9-12/h1,3,7,9,13-14H,2,4-6,8,10-11H2/t13-/m0/s1. The molecular formula is C17H20F3N5S. The molecule has 2 aromatic rings. The van der Waals surface area contributed by atoms with Crippen LogP contribution in [0.3, 0.4) is 0 Å². The molecule has 5 nitrogen and oxygen atoms in total. The summed E-state index contributed by atoms with van der Waals surface area (Å²) in [7, 11) is 0. The van der Waals surface area contributed by atoms with Gasteiger partial charge in [-0.15, -0.1) is 0 Å². The maximum Gasteiger partial charge on any atom is 0.393 e. The van der Waals surface area contributed by atoms with Gasteiger partial charge in [0.1, 0.15) is 0 Å². The van der Waals surface area contributed by atoms with Crippen molar-refractivity contribution in [3.63, 3.8) is 0 Å². The molecule has 1 aliphatic heterocycles. The van der Waals surface area contributed by atoms with Crippen molar-refractivity contribution in [1.82, 2.24) is 24.2 Å². The van der Waals surface area contributed by atoms with Crippen molar-refractivity contribution in [2.24, 2.45) is 5.92 Å². The van der Waals surface area contributed by atoms with E-state index in [-0.39, 0.29) is 13.0 Å². The minimum Gasteiger partial charge on any atom is -0.297 e. The van der Waals surface area contributed by atoms with Crippen LogP contribution in [0.5, 0.6) is 0 Å². The molecule has 3 heterocycles. The Kier molecular flexibility index (Phi) is 4.60. The molecule has 140 valence electrons. The monoisotopic (exact) mass is 383 g/mol. The van der Waals surface area contributed by atoms with Crippen LogP contribution >= 0.6 is 12.2 Å². The van der Waals surface area contributed by atoms with Crippen molar-refractivity contribution in [3.8, 4) is 11.4 Å². The van der Waals surface area contributed by atoms with Gasteiger partial charge in [0.2, 0.25) is 0 Å². The number of pyridine rings is 1. The summed E-state index contributed by atoms with van der Waals surface area (Å²) in [5.74, 6) is -0.524. The molecule has 4 rings (SSSR count). The maximum absolute atomic E-state index is 13.1. The molecule has 2 aliphatic rings. The molecule has 1 aliphatic carbocycles. The number of hydrogen-bond acceptors (Lipinski definition) is 4. The van der Waals surface area contributed by atoms with Crippen LogP contribution in [0.4, 0.5) is 13.2 Å². The third-order valence-corrected chi connectivity index (χ3v) is 5.41. The van der Waals surface area contributed by atoms with Crippen molar-refractivity contribution < 1.29 is 13.2 Å². The first-order chi connectivity index (χ1) is 12.4. The van der Waals surface area contributed by atoms with Gasteiger partial charge in [-0.2, -0.15) is 18.3 Å². The molecule has 1 atom stereocenters. The van der Waals surface area contributed by atoms with Crippen molar-refractivity contribution in [3.05, 3.63) is 29.3 Å². The van der Waals surface area contributed by atoms with Gasteiger partial charge in [0.25, 0.3) is 0 Å². The average molecular weight is 383 g/mol. The average Bonchev–Trinajstić information content (AvgIpc) is 3.40. The second-order valence-electron chi connectivity index (χ2n) is 7.05. The summed E-state index contributed by atoms with van der Waals surface area (Å²) in [4.78, 5) is 5.94. The summed E-state index contributed by atoms with van der Waals surface area (Å²) in [6.45, 7) is 0.926. The van der Waals surface area contributed by atoms with E-state index in [0.717, 1.165) is 24.2 Å². The Morgan fingerprint density at radius 2 is 2.04 bits per heavy atom. The quantitative estimate of drug-likeness (QED) is 0.747. The SMILES string of the molecule is FC(F)(F)[C@H]1CCCN(Cn2nc(-c3cccnc3)n(C3CC3)c2=S)C1. The van der Waals surface area contributed by atoms with Gasteiger partial charge in [-0.05, 0) is 56.6 Å². The lowest BCUT2D eigenvalue weighted by atomic mass is 9.98. The minimum atomic E-state index is -4.14. The molecule has 0 radical (unpaired) electrons. The lowest BCUT2D eigenvalue weighted by Crippen LogP contribution is -2.42. The Labute approximate surface area is 154 Å². The Morgan fingerprint density at radius 3 is 2.69 bits per heavy atom. The second-order valence-corrected chi connectivity index (χ2v) is 7.41. The molecule has 2 aromatic heterocycles. The largest absolute Gasteiger partial charge is 0.393 e. The summed E-state index contributed by atoms with van der Waals surface area (Å²) < 4.78 is 43.4. The van der Waals surface area contributed by atoms with Gasteiger partial charge in [0, 0.05) is 30.5 Å². The highest BCUT2D eigenvalue weighted by atomic mass is 32.1. The molecule has 2 fully saturated rings. The maximum atomic E-state index is 13.1. The fraction of sp³-hybridized carbons (Fsp3) is 0.588. The van der Waals surface area contributed by atoms with E-state index in [1.54, 1.807) is 22.0 Å². The highest BCUT2D eigenvalue weighted by Gasteiger charge is 2.42. The normalized spacial score (nSPS) is 21.9. The molecule has 0 unspecified atom stereocenters. The number of rotatable bonds is 4. The third kappa shape index (κ3) is 3.55. The molecule has 0 N–H and O–H groups in total. The van der Waals surface area contributed by atoms with Crippen molar-refractivity contribution >= 4 is 12.2 Å². The van der Waals surface area contributed by atoms with Gasteiger partial charge in [0.05, 0.1) is 12.6 Å². The fourth-order valence-electron chi connectivity index (χ4n) is 3.51. The number of likely N-dealkylation sites (tertiary alicyclic amines) is 1. The first-order valence-electron chi connectivity index (χ1n) is 8.82.